The number of ether oxygens (including phenoxy) is 1. The Labute approximate surface area is 184 Å². The predicted molar refractivity (Wildman–Crippen MR) is 123 cm³/mol. The zero-order chi connectivity index (χ0) is 21.4. The van der Waals surface area contributed by atoms with Gasteiger partial charge in [0, 0.05) is 55.7 Å². The molecule has 5 heteroatoms. The molecule has 2 aromatic carbocycles. The second kappa shape index (κ2) is 8.40. The number of aromatic nitrogens is 2. The van der Waals surface area contributed by atoms with Crippen LogP contribution >= 0.6 is 0 Å². The van der Waals surface area contributed by atoms with Crippen LogP contribution in [0.25, 0.3) is 11.4 Å². The average molecular weight is 415 g/mol. The smallest absolute Gasteiger partial charge is 0.159 e. The summed E-state index contributed by atoms with van der Waals surface area (Å²) < 4.78 is 5.34. The van der Waals surface area contributed by atoms with Gasteiger partial charge in [-0.3, -0.25) is 9.80 Å². The van der Waals surface area contributed by atoms with E-state index in [4.69, 9.17) is 4.74 Å². The largest absolute Gasteiger partial charge is 0.497 e. The Morgan fingerprint density at radius 1 is 0.968 bits per heavy atom. The van der Waals surface area contributed by atoms with E-state index >= 15 is 0 Å². The Morgan fingerprint density at radius 2 is 1.71 bits per heavy atom. The zero-order valence-corrected chi connectivity index (χ0v) is 18.5. The van der Waals surface area contributed by atoms with E-state index in [0.29, 0.717) is 17.9 Å². The minimum Gasteiger partial charge on any atom is -0.497 e. The van der Waals surface area contributed by atoms with E-state index in [1.54, 1.807) is 7.11 Å². The molecule has 5 nitrogen and oxygen atoms in total. The molecule has 2 aliphatic heterocycles. The number of rotatable bonds is 5. The summed E-state index contributed by atoms with van der Waals surface area (Å²) in [5.74, 6) is 3.10. The van der Waals surface area contributed by atoms with Gasteiger partial charge >= 0.3 is 0 Å². The molecule has 0 saturated carbocycles. The third kappa shape index (κ3) is 3.95. The molecular weight excluding hydrogens is 384 g/mol. The summed E-state index contributed by atoms with van der Waals surface area (Å²) >= 11 is 0. The van der Waals surface area contributed by atoms with Crippen LogP contribution in [0.4, 0.5) is 0 Å². The number of hydrogen-bond acceptors (Lipinski definition) is 5. The van der Waals surface area contributed by atoms with Gasteiger partial charge in [0.05, 0.1) is 7.11 Å². The standard InChI is InChI=1S/C26H30N4O/c1-18-6-4-5-7-23(18)26-27-12-19(13-28-26)14-30-16-21-15-29(2)25(24(21)17-30)20-8-10-22(31-3)11-9-20/h4-13,21,24-25H,14-17H2,1-3H3/t21-,24+,25-/m0/s1. The van der Waals surface area contributed by atoms with Gasteiger partial charge in [-0.2, -0.15) is 0 Å². The highest BCUT2D eigenvalue weighted by molar-refractivity contribution is 5.59. The van der Waals surface area contributed by atoms with Crippen LogP contribution in [-0.2, 0) is 6.54 Å². The molecule has 3 aromatic rings. The van der Waals surface area contributed by atoms with Crippen LogP contribution in [0.5, 0.6) is 5.75 Å². The van der Waals surface area contributed by atoms with Gasteiger partial charge in [0.1, 0.15) is 5.75 Å². The zero-order valence-electron chi connectivity index (χ0n) is 18.5. The molecule has 0 radical (unpaired) electrons. The third-order valence-electron chi connectivity index (χ3n) is 6.92. The Hall–Kier alpha value is -2.76. The number of hydrogen-bond donors (Lipinski definition) is 0. The molecule has 0 unspecified atom stereocenters. The maximum atomic E-state index is 5.34. The Kier molecular flexibility index (Phi) is 5.47. The number of methoxy groups -OCH3 is 1. The quantitative estimate of drug-likeness (QED) is 0.626. The summed E-state index contributed by atoms with van der Waals surface area (Å²) in [5, 5.41) is 0. The van der Waals surface area contributed by atoms with Gasteiger partial charge in [0.25, 0.3) is 0 Å². The van der Waals surface area contributed by atoms with Crippen molar-refractivity contribution in [1.82, 2.24) is 19.8 Å². The summed E-state index contributed by atoms with van der Waals surface area (Å²) in [7, 11) is 3.98. The van der Waals surface area contributed by atoms with E-state index in [2.05, 4.69) is 70.1 Å². The number of benzene rings is 2. The van der Waals surface area contributed by atoms with Crippen LogP contribution in [0.2, 0.25) is 0 Å². The molecule has 0 N–H and O–H groups in total. The Balaban J connectivity index is 1.27. The summed E-state index contributed by atoms with van der Waals surface area (Å²) in [5.41, 5.74) is 4.89. The molecule has 2 aliphatic rings. The molecule has 0 amide bonds. The number of likely N-dealkylation sites (tertiary alicyclic amines) is 2. The molecule has 2 fully saturated rings. The lowest BCUT2D eigenvalue weighted by atomic mass is 9.89. The molecule has 5 rings (SSSR count). The third-order valence-corrected chi connectivity index (χ3v) is 6.92. The minimum absolute atomic E-state index is 0.473. The van der Waals surface area contributed by atoms with Crippen molar-refractivity contribution in [2.75, 3.05) is 33.8 Å². The maximum absolute atomic E-state index is 5.34. The molecule has 0 spiro atoms. The topological polar surface area (TPSA) is 41.5 Å². The SMILES string of the molecule is COc1ccc([C@H]2[C@@H]3CN(Cc4cnc(-c5ccccc5C)nc4)C[C@@H]3CN2C)cc1. The van der Waals surface area contributed by atoms with Gasteiger partial charge in [-0.05, 0) is 49.1 Å². The second-order valence-corrected chi connectivity index (χ2v) is 9.01. The minimum atomic E-state index is 0.473. The van der Waals surface area contributed by atoms with E-state index in [1.807, 2.05) is 24.5 Å². The van der Waals surface area contributed by atoms with Gasteiger partial charge in [-0.25, -0.2) is 9.97 Å². The van der Waals surface area contributed by atoms with Crippen LogP contribution in [0.3, 0.4) is 0 Å². The fraction of sp³-hybridized carbons (Fsp3) is 0.385. The van der Waals surface area contributed by atoms with Crippen LogP contribution in [0, 0.1) is 18.8 Å². The number of nitrogens with zero attached hydrogens (tertiary/aromatic N) is 4. The first kappa shape index (κ1) is 20.2. The highest BCUT2D eigenvalue weighted by Crippen LogP contribution is 2.44. The highest BCUT2D eigenvalue weighted by Gasteiger charge is 2.45. The molecule has 31 heavy (non-hydrogen) atoms. The van der Waals surface area contributed by atoms with E-state index < -0.39 is 0 Å². The van der Waals surface area contributed by atoms with Crippen molar-refractivity contribution in [1.29, 1.82) is 0 Å². The maximum Gasteiger partial charge on any atom is 0.159 e. The van der Waals surface area contributed by atoms with Crippen molar-refractivity contribution in [3.8, 4) is 17.1 Å². The summed E-state index contributed by atoms with van der Waals surface area (Å²) in [6.07, 6.45) is 3.99. The molecule has 0 bridgehead atoms. The molecule has 3 atom stereocenters. The molecular formula is C26H30N4O. The molecule has 0 aliphatic carbocycles. The van der Waals surface area contributed by atoms with E-state index in [9.17, 15) is 0 Å². The molecule has 160 valence electrons. The monoisotopic (exact) mass is 414 g/mol. The van der Waals surface area contributed by atoms with E-state index in [1.165, 1.54) is 16.7 Å². The lowest BCUT2D eigenvalue weighted by Crippen LogP contribution is -2.29. The second-order valence-electron chi connectivity index (χ2n) is 9.01. The van der Waals surface area contributed by atoms with Gasteiger partial charge in [0.15, 0.2) is 5.82 Å². The van der Waals surface area contributed by atoms with Crippen molar-refractivity contribution in [3.05, 3.63) is 77.6 Å². The summed E-state index contributed by atoms with van der Waals surface area (Å²) in [6, 6.07) is 17.4. The first-order chi connectivity index (χ1) is 15.1. The number of fused-ring (bicyclic) bond motifs is 1. The van der Waals surface area contributed by atoms with Crippen molar-refractivity contribution in [2.45, 2.75) is 19.5 Å². The first-order valence-electron chi connectivity index (χ1n) is 11.1. The van der Waals surface area contributed by atoms with Crippen molar-refractivity contribution in [2.24, 2.45) is 11.8 Å². The molecule has 1 aromatic heterocycles. The predicted octanol–water partition coefficient (Wildman–Crippen LogP) is 4.20. The van der Waals surface area contributed by atoms with Gasteiger partial charge in [-0.15, -0.1) is 0 Å². The van der Waals surface area contributed by atoms with Crippen molar-refractivity contribution in [3.63, 3.8) is 0 Å². The van der Waals surface area contributed by atoms with Gasteiger partial charge in [-0.1, -0.05) is 36.4 Å². The summed E-state index contributed by atoms with van der Waals surface area (Å²) in [4.78, 5) is 14.4. The molecule has 3 heterocycles. The highest BCUT2D eigenvalue weighted by atomic mass is 16.5. The lowest BCUT2D eigenvalue weighted by Gasteiger charge is -2.27. The van der Waals surface area contributed by atoms with Crippen LogP contribution in [0.15, 0.2) is 60.9 Å². The van der Waals surface area contributed by atoms with Gasteiger partial charge in [0.2, 0.25) is 0 Å². The first-order valence-corrected chi connectivity index (χ1v) is 11.1. The van der Waals surface area contributed by atoms with Crippen LogP contribution in [0.1, 0.15) is 22.7 Å². The number of aryl methyl sites for hydroxylation is 1. The van der Waals surface area contributed by atoms with Crippen LogP contribution in [-0.4, -0.2) is 53.6 Å². The van der Waals surface area contributed by atoms with Crippen LogP contribution < -0.4 is 4.74 Å². The fourth-order valence-corrected chi connectivity index (χ4v) is 5.44. The van der Waals surface area contributed by atoms with Crippen molar-refractivity contribution < 1.29 is 4.74 Å². The van der Waals surface area contributed by atoms with E-state index in [0.717, 1.165) is 43.3 Å². The van der Waals surface area contributed by atoms with Crippen molar-refractivity contribution >= 4 is 0 Å². The van der Waals surface area contributed by atoms with Gasteiger partial charge < -0.3 is 4.74 Å². The molecule has 2 saturated heterocycles. The Bertz CT molecular complexity index is 1030. The average Bonchev–Trinajstić information content (AvgIpc) is 3.30. The summed E-state index contributed by atoms with van der Waals surface area (Å²) in [6.45, 7) is 6.43. The van der Waals surface area contributed by atoms with E-state index in [-0.39, 0.29) is 0 Å². The lowest BCUT2D eigenvalue weighted by molar-refractivity contribution is 0.224. The fourth-order valence-electron chi connectivity index (χ4n) is 5.44. The normalized spacial score (nSPS) is 23.8. The Morgan fingerprint density at radius 3 is 2.42 bits per heavy atom.